The van der Waals surface area contributed by atoms with Crippen LogP contribution in [0.1, 0.15) is 5.56 Å². The molecule has 1 aliphatic rings. The lowest BCUT2D eigenvalue weighted by Crippen LogP contribution is -2.17. The lowest BCUT2D eigenvalue weighted by atomic mass is 10.1. The maximum atomic E-state index is 9.40. The summed E-state index contributed by atoms with van der Waals surface area (Å²) in [6.07, 6.45) is 1.50. The molecule has 1 aromatic rings. The summed E-state index contributed by atoms with van der Waals surface area (Å²) in [5.41, 5.74) is 1.03. The van der Waals surface area contributed by atoms with Crippen LogP contribution < -0.4 is 5.06 Å². The highest BCUT2D eigenvalue weighted by molar-refractivity contribution is 5.65. The summed E-state index contributed by atoms with van der Waals surface area (Å²) in [7, 11) is 0. The van der Waals surface area contributed by atoms with Gasteiger partial charge in [0.15, 0.2) is 0 Å². The maximum Gasteiger partial charge on any atom is 0.141 e. The van der Waals surface area contributed by atoms with Gasteiger partial charge < -0.3 is 10.2 Å². The summed E-state index contributed by atoms with van der Waals surface area (Å²) in [6, 6.07) is 4.89. The maximum absolute atomic E-state index is 9.40. The minimum Gasteiger partial charge on any atom is -0.510 e. The van der Waals surface area contributed by atoms with E-state index in [1.54, 1.807) is 12.1 Å². The van der Waals surface area contributed by atoms with E-state index in [0.717, 1.165) is 5.06 Å². The minimum absolute atomic E-state index is 0.00347. The van der Waals surface area contributed by atoms with Gasteiger partial charge in [-0.1, -0.05) is 12.1 Å². The van der Waals surface area contributed by atoms with Gasteiger partial charge in [-0.2, -0.15) is 0 Å². The van der Waals surface area contributed by atoms with E-state index in [9.17, 15) is 15.4 Å². The van der Waals surface area contributed by atoms with Gasteiger partial charge in [-0.25, -0.2) is 5.06 Å². The van der Waals surface area contributed by atoms with Crippen LogP contribution in [0.3, 0.4) is 0 Å². The molecule has 13 heavy (non-hydrogen) atoms. The highest BCUT2D eigenvalue weighted by Crippen LogP contribution is 2.34. The topological polar surface area (TPSA) is 63.9 Å². The van der Waals surface area contributed by atoms with E-state index >= 15 is 0 Å². The molecule has 68 valence electrons. The van der Waals surface area contributed by atoms with Crippen molar-refractivity contribution in [2.75, 3.05) is 5.06 Å². The summed E-state index contributed by atoms with van der Waals surface area (Å²) < 4.78 is 0. The van der Waals surface area contributed by atoms with E-state index in [1.807, 2.05) is 0 Å². The van der Waals surface area contributed by atoms with Gasteiger partial charge in [-0.05, 0) is 11.6 Å². The second-order valence-electron chi connectivity index (χ2n) is 2.93. The minimum atomic E-state index is 0.00347. The molecule has 4 heteroatoms. The Bertz CT molecular complexity index is 373. The standard InChI is InChI=1S/C9H9NO3/c11-7-4-6-2-1-3-8(12)9(6)10(13)5-7/h1-3,5,11-13H,4H2. The van der Waals surface area contributed by atoms with Gasteiger partial charge >= 0.3 is 0 Å². The number of aliphatic hydroxyl groups excluding tert-OH is 1. The van der Waals surface area contributed by atoms with Crippen molar-refractivity contribution in [1.82, 2.24) is 0 Å². The van der Waals surface area contributed by atoms with Crippen LogP contribution in [-0.2, 0) is 6.42 Å². The second-order valence-corrected chi connectivity index (χ2v) is 2.93. The fourth-order valence-electron chi connectivity index (χ4n) is 1.43. The number of hydrogen-bond acceptors (Lipinski definition) is 4. The van der Waals surface area contributed by atoms with E-state index in [2.05, 4.69) is 0 Å². The Kier molecular flexibility index (Phi) is 1.63. The largest absolute Gasteiger partial charge is 0.510 e. The average Bonchev–Trinajstić information content (AvgIpc) is 2.02. The molecular weight excluding hydrogens is 170 g/mol. The molecule has 0 unspecified atom stereocenters. The molecule has 1 heterocycles. The van der Waals surface area contributed by atoms with Crippen LogP contribution in [0.15, 0.2) is 30.2 Å². The third-order valence-corrected chi connectivity index (χ3v) is 1.97. The predicted molar refractivity (Wildman–Crippen MR) is 46.8 cm³/mol. The summed E-state index contributed by atoms with van der Waals surface area (Å²) >= 11 is 0. The highest BCUT2D eigenvalue weighted by Gasteiger charge is 2.18. The molecule has 0 spiro atoms. The lowest BCUT2D eigenvalue weighted by Gasteiger charge is -2.22. The fourth-order valence-corrected chi connectivity index (χ4v) is 1.43. The summed E-state index contributed by atoms with van der Waals surface area (Å²) in [4.78, 5) is 0. The average molecular weight is 179 g/mol. The molecule has 0 amide bonds. The monoisotopic (exact) mass is 179 g/mol. The summed E-state index contributed by atoms with van der Waals surface area (Å²) in [5.74, 6) is 0.0735. The first-order valence-corrected chi connectivity index (χ1v) is 3.87. The molecule has 0 aliphatic carbocycles. The number of benzene rings is 1. The van der Waals surface area contributed by atoms with E-state index in [1.165, 1.54) is 12.3 Å². The van der Waals surface area contributed by atoms with E-state index < -0.39 is 0 Å². The van der Waals surface area contributed by atoms with Gasteiger partial charge in [0, 0.05) is 6.42 Å². The van der Waals surface area contributed by atoms with Crippen molar-refractivity contribution in [3.05, 3.63) is 35.7 Å². The van der Waals surface area contributed by atoms with Crippen LogP contribution in [0.25, 0.3) is 0 Å². The molecule has 0 aromatic heterocycles. The number of hydrogen-bond donors (Lipinski definition) is 3. The second kappa shape index (κ2) is 2.67. The molecule has 1 aliphatic heterocycles. The van der Waals surface area contributed by atoms with Gasteiger partial charge in [0.2, 0.25) is 0 Å². The zero-order chi connectivity index (χ0) is 9.42. The number of hydroxylamine groups is 1. The third kappa shape index (κ3) is 1.21. The molecule has 0 saturated heterocycles. The first-order chi connectivity index (χ1) is 6.18. The smallest absolute Gasteiger partial charge is 0.141 e. The van der Waals surface area contributed by atoms with Crippen LogP contribution in [0.4, 0.5) is 5.69 Å². The fraction of sp³-hybridized carbons (Fsp3) is 0.111. The van der Waals surface area contributed by atoms with Crippen molar-refractivity contribution in [3.63, 3.8) is 0 Å². The number of aliphatic hydroxyl groups is 1. The molecule has 2 rings (SSSR count). The van der Waals surface area contributed by atoms with Crippen molar-refractivity contribution in [1.29, 1.82) is 0 Å². The van der Waals surface area contributed by atoms with Gasteiger partial charge in [-0.3, -0.25) is 5.21 Å². The van der Waals surface area contributed by atoms with E-state index in [-0.39, 0.29) is 11.5 Å². The van der Waals surface area contributed by atoms with Crippen molar-refractivity contribution < 1.29 is 15.4 Å². The van der Waals surface area contributed by atoms with Crippen LogP contribution in [-0.4, -0.2) is 15.4 Å². The molecule has 1 aromatic carbocycles. The molecule has 0 saturated carbocycles. The van der Waals surface area contributed by atoms with Crippen molar-refractivity contribution in [3.8, 4) is 5.75 Å². The van der Waals surface area contributed by atoms with Crippen molar-refractivity contribution in [2.45, 2.75) is 6.42 Å². The number of fused-ring (bicyclic) bond motifs is 1. The molecule has 0 atom stereocenters. The Morgan fingerprint density at radius 3 is 2.77 bits per heavy atom. The zero-order valence-electron chi connectivity index (χ0n) is 6.81. The van der Waals surface area contributed by atoms with Crippen LogP contribution >= 0.6 is 0 Å². The Balaban J connectivity index is 2.56. The lowest BCUT2D eigenvalue weighted by molar-refractivity contribution is 0.274. The molecule has 0 fully saturated rings. The van der Waals surface area contributed by atoms with E-state index in [0.29, 0.717) is 17.7 Å². The first-order valence-electron chi connectivity index (χ1n) is 3.87. The van der Waals surface area contributed by atoms with Crippen LogP contribution in [0.2, 0.25) is 0 Å². The molecule has 3 N–H and O–H groups in total. The third-order valence-electron chi connectivity index (χ3n) is 1.97. The Morgan fingerprint density at radius 2 is 2.00 bits per heavy atom. The van der Waals surface area contributed by atoms with Gasteiger partial charge in [0.1, 0.15) is 17.2 Å². The molecule has 0 radical (unpaired) electrons. The molecule has 0 bridgehead atoms. The number of anilines is 1. The zero-order valence-corrected chi connectivity index (χ0v) is 6.81. The molecular formula is C9H9NO3. The van der Waals surface area contributed by atoms with Gasteiger partial charge in [-0.15, -0.1) is 0 Å². The molecule has 4 nitrogen and oxygen atoms in total. The number of para-hydroxylation sites is 1. The quantitative estimate of drug-likeness (QED) is 0.565. The van der Waals surface area contributed by atoms with Crippen molar-refractivity contribution >= 4 is 5.69 Å². The van der Waals surface area contributed by atoms with Gasteiger partial charge in [0.25, 0.3) is 0 Å². The Hall–Kier alpha value is -1.68. The number of phenolic OH excluding ortho intramolecular Hbond substituents is 1. The first kappa shape index (κ1) is 7.94. The van der Waals surface area contributed by atoms with Gasteiger partial charge in [0.05, 0.1) is 6.20 Å². The van der Waals surface area contributed by atoms with Crippen LogP contribution in [0, 0.1) is 0 Å². The van der Waals surface area contributed by atoms with Crippen LogP contribution in [0.5, 0.6) is 5.75 Å². The predicted octanol–water partition coefficient (Wildman–Crippen LogP) is 1.54. The van der Waals surface area contributed by atoms with Crippen molar-refractivity contribution in [2.24, 2.45) is 0 Å². The summed E-state index contributed by atoms with van der Waals surface area (Å²) in [5, 5.41) is 28.7. The SMILES string of the molecule is OC1=CN(O)c2c(O)cccc2C1. The number of phenols is 1. The number of rotatable bonds is 0. The Morgan fingerprint density at radius 1 is 1.23 bits per heavy atom. The number of nitrogens with zero attached hydrogens (tertiary/aromatic N) is 1. The van der Waals surface area contributed by atoms with E-state index in [4.69, 9.17) is 0 Å². The normalized spacial score (nSPS) is 15.2. The Labute approximate surface area is 74.9 Å². The number of aromatic hydroxyl groups is 1. The highest BCUT2D eigenvalue weighted by atomic mass is 16.5. The summed E-state index contributed by atoms with van der Waals surface area (Å²) in [6.45, 7) is 0. The number of allylic oxidation sites excluding steroid dienone is 1.